The Morgan fingerprint density at radius 2 is 1.95 bits per heavy atom. The molecule has 0 saturated carbocycles. The van der Waals surface area contributed by atoms with Crippen LogP contribution in [-0.2, 0) is 14.4 Å². The van der Waals surface area contributed by atoms with Gasteiger partial charge in [0.25, 0.3) is 0 Å². The summed E-state index contributed by atoms with van der Waals surface area (Å²) in [4.78, 5) is 39.2. The molecule has 0 bridgehead atoms. The third kappa shape index (κ3) is 2.76. The second kappa shape index (κ2) is 6.03. The maximum Gasteiger partial charge on any atom is 0.329 e. The van der Waals surface area contributed by atoms with Crippen molar-refractivity contribution < 1.29 is 19.5 Å². The molecular formula is C15H24N2O4. The van der Waals surface area contributed by atoms with Crippen LogP contribution in [0.2, 0.25) is 0 Å². The van der Waals surface area contributed by atoms with Gasteiger partial charge in [0.2, 0.25) is 11.8 Å². The molecule has 1 N–H and O–H groups in total. The van der Waals surface area contributed by atoms with Gasteiger partial charge in [-0.05, 0) is 32.1 Å². The van der Waals surface area contributed by atoms with Gasteiger partial charge in [-0.3, -0.25) is 9.59 Å². The summed E-state index contributed by atoms with van der Waals surface area (Å²) in [5.74, 6) is -1.28. The molecule has 0 aromatic carbocycles. The fourth-order valence-electron chi connectivity index (χ4n) is 3.63. The van der Waals surface area contributed by atoms with E-state index in [4.69, 9.17) is 0 Å². The molecule has 0 spiro atoms. The Balaban J connectivity index is 2.15. The molecule has 2 fully saturated rings. The number of aliphatic carboxylic acids is 1. The van der Waals surface area contributed by atoms with E-state index in [1.54, 1.807) is 9.80 Å². The van der Waals surface area contributed by atoms with Crippen LogP contribution in [0.3, 0.4) is 0 Å². The Morgan fingerprint density at radius 1 is 1.24 bits per heavy atom. The molecule has 0 radical (unpaired) electrons. The van der Waals surface area contributed by atoms with Crippen molar-refractivity contribution >= 4 is 17.8 Å². The topological polar surface area (TPSA) is 77.9 Å². The van der Waals surface area contributed by atoms with Crippen LogP contribution < -0.4 is 0 Å². The third-order valence-electron chi connectivity index (χ3n) is 4.95. The van der Waals surface area contributed by atoms with Gasteiger partial charge in [-0.15, -0.1) is 0 Å². The van der Waals surface area contributed by atoms with Crippen LogP contribution in [0.1, 0.15) is 46.0 Å². The fraction of sp³-hybridized carbons (Fsp3) is 0.800. The summed E-state index contributed by atoms with van der Waals surface area (Å²) in [7, 11) is 0. The average molecular weight is 296 g/mol. The van der Waals surface area contributed by atoms with Gasteiger partial charge in [-0.2, -0.15) is 0 Å². The van der Waals surface area contributed by atoms with Crippen LogP contribution in [-0.4, -0.2) is 57.9 Å². The lowest BCUT2D eigenvalue weighted by Crippen LogP contribution is -2.56. The van der Waals surface area contributed by atoms with Crippen LogP contribution in [0.4, 0.5) is 0 Å². The number of piperidine rings is 1. The largest absolute Gasteiger partial charge is 0.479 e. The Bertz CT molecular complexity index is 451. The second-order valence-corrected chi connectivity index (χ2v) is 6.09. The minimum Gasteiger partial charge on any atom is -0.479 e. The third-order valence-corrected chi connectivity index (χ3v) is 4.95. The van der Waals surface area contributed by atoms with Gasteiger partial charge >= 0.3 is 5.97 Å². The molecule has 118 valence electrons. The van der Waals surface area contributed by atoms with Crippen molar-refractivity contribution in [2.75, 3.05) is 19.6 Å². The zero-order chi connectivity index (χ0) is 15.6. The van der Waals surface area contributed by atoms with Gasteiger partial charge in [-0.1, -0.05) is 6.92 Å². The highest BCUT2D eigenvalue weighted by atomic mass is 16.4. The van der Waals surface area contributed by atoms with Gasteiger partial charge < -0.3 is 14.9 Å². The van der Waals surface area contributed by atoms with E-state index in [0.717, 1.165) is 19.3 Å². The number of hydrogen-bond donors (Lipinski definition) is 1. The number of likely N-dealkylation sites (tertiary alicyclic amines) is 2. The molecule has 0 aliphatic carbocycles. The minimum absolute atomic E-state index is 0.0195. The summed E-state index contributed by atoms with van der Waals surface area (Å²) in [6.07, 6.45) is 3.22. The molecular weight excluding hydrogens is 272 g/mol. The normalized spacial score (nSPS) is 29.5. The zero-order valence-corrected chi connectivity index (χ0v) is 12.8. The molecule has 2 saturated heterocycles. The van der Waals surface area contributed by atoms with E-state index in [1.807, 2.05) is 6.92 Å². The molecule has 2 unspecified atom stereocenters. The van der Waals surface area contributed by atoms with Crippen molar-refractivity contribution in [3.8, 4) is 0 Å². The first-order valence-corrected chi connectivity index (χ1v) is 7.72. The summed E-state index contributed by atoms with van der Waals surface area (Å²) in [5.41, 5.74) is -1.05. The lowest BCUT2D eigenvalue weighted by atomic mass is 9.90. The Kier molecular flexibility index (Phi) is 4.54. The van der Waals surface area contributed by atoms with Crippen LogP contribution in [0, 0.1) is 5.92 Å². The van der Waals surface area contributed by atoms with Gasteiger partial charge in [0, 0.05) is 26.6 Å². The van der Waals surface area contributed by atoms with E-state index in [1.165, 1.54) is 6.92 Å². The van der Waals surface area contributed by atoms with Crippen LogP contribution >= 0.6 is 0 Å². The number of hydrogen-bond acceptors (Lipinski definition) is 3. The molecule has 2 amide bonds. The van der Waals surface area contributed by atoms with Crippen molar-refractivity contribution in [3.05, 3.63) is 0 Å². The molecule has 0 aromatic rings. The lowest BCUT2D eigenvalue weighted by Gasteiger charge is -2.39. The van der Waals surface area contributed by atoms with Crippen molar-refractivity contribution in [1.29, 1.82) is 0 Å². The molecule has 2 rings (SSSR count). The number of carbonyl (C=O) groups excluding carboxylic acids is 2. The summed E-state index contributed by atoms with van der Waals surface area (Å²) >= 11 is 0. The van der Waals surface area contributed by atoms with E-state index >= 15 is 0 Å². The average Bonchev–Trinajstić information content (AvgIpc) is 2.91. The fourth-order valence-corrected chi connectivity index (χ4v) is 3.63. The first kappa shape index (κ1) is 15.8. The van der Waals surface area contributed by atoms with Crippen LogP contribution in [0.25, 0.3) is 0 Å². The monoisotopic (exact) mass is 296 g/mol. The maximum absolute atomic E-state index is 12.8. The van der Waals surface area contributed by atoms with Gasteiger partial charge in [0.05, 0.1) is 5.92 Å². The van der Waals surface area contributed by atoms with Gasteiger partial charge in [0.1, 0.15) is 5.54 Å². The maximum atomic E-state index is 12.8. The molecule has 6 nitrogen and oxygen atoms in total. The first-order chi connectivity index (χ1) is 9.92. The standard InChI is InChI=1S/C15H24N2O4/c1-3-15(14(20)21)7-5-9-17(15)13(19)12-6-4-8-16(10-12)11(2)18/h12H,3-10H2,1-2H3,(H,20,21). The molecule has 6 heteroatoms. The van der Waals surface area contributed by atoms with Crippen molar-refractivity contribution in [3.63, 3.8) is 0 Å². The first-order valence-electron chi connectivity index (χ1n) is 7.72. The highest BCUT2D eigenvalue weighted by Crippen LogP contribution is 2.35. The molecule has 2 aliphatic rings. The number of rotatable bonds is 3. The van der Waals surface area contributed by atoms with E-state index in [-0.39, 0.29) is 17.7 Å². The smallest absolute Gasteiger partial charge is 0.329 e. The van der Waals surface area contributed by atoms with Crippen LogP contribution in [0.15, 0.2) is 0 Å². The summed E-state index contributed by atoms with van der Waals surface area (Å²) < 4.78 is 0. The lowest BCUT2D eigenvalue weighted by molar-refractivity contribution is -0.159. The SMILES string of the molecule is CCC1(C(=O)O)CCCN1C(=O)C1CCCN(C(C)=O)C1. The minimum atomic E-state index is -1.05. The molecule has 2 heterocycles. The molecule has 2 atom stereocenters. The van der Waals surface area contributed by atoms with E-state index in [0.29, 0.717) is 32.5 Å². The number of carboxylic acid groups (broad SMARTS) is 1. The Morgan fingerprint density at radius 3 is 2.52 bits per heavy atom. The Hall–Kier alpha value is -1.59. The molecule has 2 aliphatic heterocycles. The predicted molar refractivity (Wildman–Crippen MR) is 76.6 cm³/mol. The Labute approximate surface area is 125 Å². The highest BCUT2D eigenvalue weighted by molar-refractivity contribution is 5.89. The zero-order valence-electron chi connectivity index (χ0n) is 12.8. The van der Waals surface area contributed by atoms with E-state index in [2.05, 4.69) is 0 Å². The van der Waals surface area contributed by atoms with Crippen molar-refractivity contribution in [1.82, 2.24) is 9.80 Å². The number of amides is 2. The number of carboxylic acids is 1. The number of carbonyl (C=O) groups is 3. The molecule has 21 heavy (non-hydrogen) atoms. The second-order valence-electron chi connectivity index (χ2n) is 6.09. The van der Waals surface area contributed by atoms with E-state index < -0.39 is 11.5 Å². The molecule has 0 aromatic heterocycles. The highest BCUT2D eigenvalue weighted by Gasteiger charge is 2.50. The predicted octanol–water partition coefficient (Wildman–Crippen LogP) is 1.10. The summed E-state index contributed by atoms with van der Waals surface area (Å²) in [6, 6.07) is 0. The quantitative estimate of drug-likeness (QED) is 0.846. The van der Waals surface area contributed by atoms with Gasteiger partial charge in [-0.25, -0.2) is 4.79 Å². The van der Waals surface area contributed by atoms with E-state index in [9.17, 15) is 19.5 Å². The summed E-state index contributed by atoms with van der Waals surface area (Å²) in [5, 5.41) is 9.56. The van der Waals surface area contributed by atoms with Crippen molar-refractivity contribution in [2.45, 2.75) is 51.5 Å². The number of nitrogens with zero attached hydrogens (tertiary/aromatic N) is 2. The van der Waals surface area contributed by atoms with Crippen molar-refractivity contribution in [2.24, 2.45) is 5.92 Å². The van der Waals surface area contributed by atoms with Gasteiger partial charge in [0.15, 0.2) is 0 Å². The summed E-state index contributed by atoms with van der Waals surface area (Å²) in [6.45, 7) is 4.95. The van der Waals surface area contributed by atoms with Crippen LogP contribution in [0.5, 0.6) is 0 Å².